The Morgan fingerprint density at radius 3 is 2.87 bits per heavy atom. The summed E-state index contributed by atoms with van der Waals surface area (Å²) in [5, 5.41) is 9.29. The van der Waals surface area contributed by atoms with Gasteiger partial charge in [0.25, 0.3) is 0 Å². The van der Waals surface area contributed by atoms with Crippen LogP contribution >= 0.6 is 34.2 Å². The average Bonchev–Trinajstić information content (AvgIpc) is 2.21. The van der Waals surface area contributed by atoms with Gasteiger partial charge in [0.2, 0.25) is 0 Å². The Bertz CT molecular complexity index is 440. The first-order valence-electron chi connectivity index (χ1n) is 4.16. The van der Waals surface area contributed by atoms with Crippen LogP contribution in [0.25, 0.3) is 0 Å². The molecule has 0 N–H and O–H groups in total. The first-order valence-corrected chi connectivity index (χ1v) is 5.62. The highest BCUT2D eigenvalue weighted by Crippen LogP contribution is 2.23. The van der Waals surface area contributed by atoms with Crippen molar-refractivity contribution in [2.24, 2.45) is 0 Å². The molecule has 0 fully saturated rings. The van der Waals surface area contributed by atoms with E-state index in [0.29, 0.717) is 5.02 Å². The van der Waals surface area contributed by atoms with Gasteiger partial charge in [-0.15, -0.1) is 0 Å². The summed E-state index contributed by atoms with van der Waals surface area (Å²) in [7, 11) is 0. The van der Waals surface area contributed by atoms with E-state index in [4.69, 9.17) is 21.6 Å². The summed E-state index contributed by atoms with van der Waals surface area (Å²) in [6.45, 7) is 1.99. The molecule has 0 amide bonds. The van der Waals surface area contributed by atoms with E-state index >= 15 is 0 Å². The summed E-state index contributed by atoms with van der Waals surface area (Å²) in [6, 6.07) is 4.94. The van der Waals surface area contributed by atoms with E-state index in [2.05, 4.69) is 0 Å². The van der Waals surface area contributed by atoms with Gasteiger partial charge in [0.15, 0.2) is 0 Å². The third-order valence-electron chi connectivity index (χ3n) is 1.68. The van der Waals surface area contributed by atoms with E-state index in [1.807, 2.05) is 28.7 Å². The van der Waals surface area contributed by atoms with E-state index in [0.717, 1.165) is 3.57 Å². The molecule has 1 aromatic carbocycles. The number of benzene rings is 1. The summed E-state index contributed by atoms with van der Waals surface area (Å²) in [5.74, 6) is -0.497. The van der Waals surface area contributed by atoms with Crippen molar-refractivity contribution in [1.82, 2.24) is 0 Å². The molecule has 0 heterocycles. The van der Waals surface area contributed by atoms with E-state index in [9.17, 15) is 4.79 Å². The second-order valence-corrected chi connectivity index (χ2v) is 4.21. The summed E-state index contributed by atoms with van der Waals surface area (Å²) in [5.41, 5.74) is 0.493. The first-order chi connectivity index (χ1) is 7.10. The number of hydrogen-bond donors (Lipinski definition) is 0. The first kappa shape index (κ1) is 12.3. The van der Waals surface area contributed by atoms with Crippen LogP contribution in [0, 0.1) is 14.9 Å². The highest BCUT2D eigenvalue weighted by atomic mass is 127. The Morgan fingerprint density at radius 1 is 1.67 bits per heavy atom. The molecule has 0 aliphatic heterocycles. The van der Waals surface area contributed by atoms with Crippen molar-refractivity contribution >= 4 is 40.2 Å². The number of ether oxygens (including phenoxy) is 1. The van der Waals surface area contributed by atoms with Crippen LogP contribution in [-0.4, -0.2) is 12.6 Å². The highest BCUT2D eigenvalue weighted by Gasteiger charge is 2.14. The molecule has 1 aromatic rings. The molecule has 0 saturated heterocycles. The van der Waals surface area contributed by atoms with Gasteiger partial charge in [0.05, 0.1) is 22.8 Å². The summed E-state index contributed by atoms with van der Waals surface area (Å²) in [6.07, 6.45) is 0. The monoisotopic (exact) mass is 335 g/mol. The van der Waals surface area contributed by atoms with Gasteiger partial charge in [0.1, 0.15) is 6.07 Å². The summed E-state index contributed by atoms with van der Waals surface area (Å²) < 4.78 is 5.55. The maximum atomic E-state index is 11.5. The number of halogens is 2. The minimum Gasteiger partial charge on any atom is -0.462 e. The molecule has 0 spiro atoms. The lowest BCUT2D eigenvalue weighted by molar-refractivity contribution is 0.0526. The van der Waals surface area contributed by atoms with Gasteiger partial charge in [-0.2, -0.15) is 5.26 Å². The van der Waals surface area contributed by atoms with Crippen LogP contribution in [0.5, 0.6) is 0 Å². The number of carbonyl (C=O) groups excluding carboxylic acids is 1. The Labute approximate surface area is 106 Å². The molecule has 0 unspecified atom stereocenters. The number of hydrogen-bond acceptors (Lipinski definition) is 3. The van der Waals surface area contributed by atoms with Crippen LogP contribution in [-0.2, 0) is 4.74 Å². The van der Waals surface area contributed by atoms with E-state index in [-0.39, 0.29) is 17.7 Å². The van der Waals surface area contributed by atoms with Gasteiger partial charge in [-0.05, 0) is 41.6 Å². The van der Waals surface area contributed by atoms with Crippen molar-refractivity contribution in [3.63, 3.8) is 0 Å². The molecule has 15 heavy (non-hydrogen) atoms. The van der Waals surface area contributed by atoms with Crippen LogP contribution in [0.1, 0.15) is 22.8 Å². The Kier molecular flexibility index (Phi) is 4.36. The molecule has 0 aliphatic carbocycles. The van der Waals surface area contributed by atoms with Gasteiger partial charge < -0.3 is 4.74 Å². The van der Waals surface area contributed by atoms with Crippen LogP contribution in [0.2, 0.25) is 5.02 Å². The largest absolute Gasteiger partial charge is 0.462 e. The fourth-order valence-electron chi connectivity index (χ4n) is 1.02. The van der Waals surface area contributed by atoms with E-state index < -0.39 is 5.97 Å². The molecule has 0 bridgehead atoms. The maximum Gasteiger partial charge on any atom is 0.339 e. The highest BCUT2D eigenvalue weighted by molar-refractivity contribution is 14.1. The number of esters is 1. The standard InChI is InChI=1S/C10H7ClINO2/c1-2-15-10(14)7-4-9(12)8(11)3-6(7)5-13/h3-4H,2H2,1H3. The molecular formula is C10H7ClINO2. The molecule has 0 saturated carbocycles. The van der Waals surface area contributed by atoms with Gasteiger partial charge in [-0.3, -0.25) is 0 Å². The number of carbonyl (C=O) groups is 1. The Morgan fingerprint density at radius 2 is 2.33 bits per heavy atom. The third kappa shape index (κ3) is 2.83. The normalized spacial score (nSPS) is 9.47. The van der Waals surface area contributed by atoms with Crippen molar-refractivity contribution in [3.8, 4) is 6.07 Å². The quantitative estimate of drug-likeness (QED) is 0.617. The lowest BCUT2D eigenvalue weighted by atomic mass is 10.1. The van der Waals surface area contributed by atoms with Gasteiger partial charge in [-0.1, -0.05) is 11.6 Å². The lowest BCUT2D eigenvalue weighted by Crippen LogP contribution is -2.07. The molecular weight excluding hydrogens is 328 g/mol. The molecule has 78 valence electrons. The average molecular weight is 336 g/mol. The number of rotatable bonds is 2. The second kappa shape index (κ2) is 5.33. The lowest BCUT2D eigenvalue weighted by Gasteiger charge is -2.05. The molecule has 1 rings (SSSR count). The van der Waals surface area contributed by atoms with Crippen LogP contribution in [0.4, 0.5) is 0 Å². The van der Waals surface area contributed by atoms with Crippen LogP contribution < -0.4 is 0 Å². The molecule has 0 radical (unpaired) electrons. The van der Waals surface area contributed by atoms with Crippen molar-refractivity contribution in [2.45, 2.75) is 6.92 Å². The second-order valence-electron chi connectivity index (χ2n) is 2.64. The molecule has 5 heteroatoms. The minimum absolute atomic E-state index is 0.235. The van der Waals surface area contributed by atoms with Crippen LogP contribution in [0.15, 0.2) is 12.1 Å². The van der Waals surface area contributed by atoms with Gasteiger partial charge in [0, 0.05) is 3.57 Å². The van der Waals surface area contributed by atoms with E-state index in [1.165, 1.54) is 6.07 Å². The Balaban J connectivity index is 3.23. The van der Waals surface area contributed by atoms with E-state index in [1.54, 1.807) is 13.0 Å². The van der Waals surface area contributed by atoms with Crippen molar-refractivity contribution < 1.29 is 9.53 Å². The predicted molar refractivity (Wildman–Crippen MR) is 64.8 cm³/mol. The molecule has 0 atom stereocenters. The SMILES string of the molecule is CCOC(=O)c1cc(I)c(Cl)cc1C#N. The summed E-state index contributed by atoms with van der Waals surface area (Å²) >= 11 is 7.83. The van der Waals surface area contributed by atoms with Gasteiger partial charge >= 0.3 is 5.97 Å². The fraction of sp³-hybridized carbons (Fsp3) is 0.200. The number of nitriles is 1. The summed E-state index contributed by atoms with van der Waals surface area (Å²) in [4.78, 5) is 11.5. The van der Waals surface area contributed by atoms with Crippen molar-refractivity contribution in [3.05, 3.63) is 31.9 Å². The molecule has 0 aromatic heterocycles. The zero-order valence-corrected chi connectivity index (χ0v) is 10.8. The van der Waals surface area contributed by atoms with Gasteiger partial charge in [-0.25, -0.2) is 4.79 Å². The molecule has 0 aliphatic rings. The third-order valence-corrected chi connectivity index (χ3v) is 3.20. The predicted octanol–water partition coefficient (Wildman–Crippen LogP) is 2.99. The molecule has 3 nitrogen and oxygen atoms in total. The van der Waals surface area contributed by atoms with Crippen molar-refractivity contribution in [1.29, 1.82) is 5.26 Å². The minimum atomic E-state index is -0.497. The zero-order valence-electron chi connectivity index (χ0n) is 7.88. The fourth-order valence-corrected chi connectivity index (χ4v) is 1.65. The van der Waals surface area contributed by atoms with Crippen LogP contribution in [0.3, 0.4) is 0 Å². The maximum absolute atomic E-state index is 11.5. The Hall–Kier alpha value is -0.800. The topological polar surface area (TPSA) is 50.1 Å². The smallest absolute Gasteiger partial charge is 0.339 e. The van der Waals surface area contributed by atoms with Crippen molar-refractivity contribution in [2.75, 3.05) is 6.61 Å². The zero-order chi connectivity index (χ0) is 11.4. The number of nitrogens with zero attached hydrogens (tertiary/aromatic N) is 1.